The standard InChI is InChI=1S/C17H15ClN4O3/c1-11-20-17(25-21-11)14-3-2-4-16(24)22(14)10-15(23)19-9-12-5-7-13(18)8-6-12/h2-8H,9-10H2,1H3,(H,19,23). The highest BCUT2D eigenvalue weighted by atomic mass is 35.5. The van der Waals surface area contributed by atoms with Crippen LogP contribution in [-0.2, 0) is 17.9 Å². The second kappa shape index (κ2) is 7.31. The number of carbonyl (C=O) groups excluding carboxylic acids is 1. The Morgan fingerprint density at radius 3 is 2.68 bits per heavy atom. The van der Waals surface area contributed by atoms with Gasteiger partial charge in [0, 0.05) is 17.6 Å². The van der Waals surface area contributed by atoms with Crippen LogP contribution in [0.4, 0.5) is 0 Å². The second-order valence-corrected chi connectivity index (χ2v) is 5.82. The number of benzene rings is 1. The van der Waals surface area contributed by atoms with E-state index in [4.69, 9.17) is 16.1 Å². The summed E-state index contributed by atoms with van der Waals surface area (Å²) in [7, 11) is 0. The third-order valence-electron chi connectivity index (χ3n) is 3.50. The summed E-state index contributed by atoms with van der Waals surface area (Å²) in [4.78, 5) is 28.5. The van der Waals surface area contributed by atoms with Gasteiger partial charge in [-0.1, -0.05) is 35.0 Å². The Kier molecular flexibility index (Phi) is 4.95. The number of nitrogens with one attached hydrogen (secondary N) is 1. The van der Waals surface area contributed by atoms with Crippen molar-refractivity contribution in [1.29, 1.82) is 0 Å². The highest BCUT2D eigenvalue weighted by Gasteiger charge is 2.14. The molecule has 0 atom stereocenters. The monoisotopic (exact) mass is 358 g/mol. The molecule has 0 aliphatic rings. The van der Waals surface area contributed by atoms with E-state index in [1.165, 1.54) is 10.6 Å². The summed E-state index contributed by atoms with van der Waals surface area (Å²) in [5, 5.41) is 7.11. The van der Waals surface area contributed by atoms with Gasteiger partial charge in [-0.05, 0) is 30.7 Å². The van der Waals surface area contributed by atoms with E-state index < -0.39 is 0 Å². The van der Waals surface area contributed by atoms with Gasteiger partial charge >= 0.3 is 0 Å². The second-order valence-electron chi connectivity index (χ2n) is 5.39. The van der Waals surface area contributed by atoms with E-state index in [9.17, 15) is 9.59 Å². The minimum atomic E-state index is -0.324. The average molecular weight is 359 g/mol. The van der Waals surface area contributed by atoms with E-state index in [1.54, 1.807) is 31.2 Å². The normalized spacial score (nSPS) is 10.6. The number of nitrogens with zero attached hydrogens (tertiary/aromatic N) is 3. The van der Waals surface area contributed by atoms with Gasteiger partial charge in [-0.3, -0.25) is 14.2 Å². The average Bonchev–Trinajstić information content (AvgIpc) is 3.02. The molecule has 0 aliphatic heterocycles. The number of carbonyl (C=O) groups is 1. The van der Waals surface area contributed by atoms with Crippen molar-refractivity contribution in [3.05, 3.63) is 69.2 Å². The summed E-state index contributed by atoms with van der Waals surface area (Å²) in [5.74, 6) is 0.339. The molecule has 0 spiro atoms. The number of hydrogen-bond acceptors (Lipinski definition) is 5. The SMILES string of the molecule is Cc1noc(-c2cccc(=O)n2CC(=O)NCc2ccc(Cl)cc2)n1. The molecule has 0 aliphatic carbocycles. The van der Waals surface area contributed by atoms with Crippen LogP contribution in [0.5, 0.6) is 0 Å². The predicted molar refractivity (Wildman–Crippen MR) is 92.0 cm³/mol. The van der Waals surface area contributed by atoms with Crippen molar-refractivity contribution in [2.24, 2.45) is 0 Å². The van der Waals surface area contributed by atoms with E-state index >= 15 is 0 Å². The Bertz CT molecular complexity index is 947. The third-order valence-corrected chi connectivity index (χ3v) is 3.75. The van der Waals surface area contributed by atoms with Crippen LogP contribution in [0.25, 0.3) is 11.6 Å². The first kappa shape index (κ1) is 16.9. The van der Waals surface area contributed by atoms with E-state index in [0.29, 0.717) is 23.1 Å². The summed E-state index contributed by atoms with van der Waals surface area (Å²) >= 11 is 5.83. The Balaban J connectivity index is 1.75. The number of hydrogen-bond donors (Lipinski definition) is 1. The first-order valence-electron chi connectivity index (χ1n) is 7.54. The fourth-order valence-corrected chi connectivity index (χ4v) is 2.40. The number of halogens is 1. The molecule has 0 bridgehead atoms. The predicted octanol–water partition coefficient (Wildman–Crippen LogP) is 2.18. The zero-order valence-corrected chi connectivity index (χ0v) is 14.2. The van der Waals surface area contributed by atoms with E-state index in [1.807, 2.05) is 12.1 Å². The Labute approximate surface area is 148 Å². The molecule has 0 radical (unpaired) electrons. The van der Waals surface area contributed by atoms with E-state index in [-0.39, 0.29) is 23.9 Å². The van der Waals surface area contributed by atoms with Gasteiger partial charge in [-0.2, -0.15) is 4.98 Å². The van der Waals surface area contributed by atoms with E-state index in [0.717, 1.165) is 5.56 Å². The largest absolute Gasteiger partial charge is 0.350 e. The molecule has 1 amide bonds. The number of amides is 1. The van der Waals surface area contributed by atoms with Crippen molar-refractivity contribution in [2.75, 3.05) is 0 Å². The molecular weight excluding hydrogens is 344 g/mol. The van der Waals surface area contributed by atoms with Crippen LogP contribution >= 0.6 is 11.6 Å². The molecule has 0 saturated carbocycles. The molecule has 0 fully saturated rings. The lowest BCUT2D eigenvalue weighted by Crippen LogP contribution is -2.32. The lowest BCUT2D eigenvalue weighted by Gasteiger charge is -2.10. The Morgan fingerprint density at radius 1 is 1.24 bits per heavy atom. The molecule has 1 aromatic carbocycles. The van der Waals surface area contributed by atoms with Crippen LogP contribution in [0.3, 0.4) is 0 Å². The molecule has 2 heterocycles. The molecule has 3 rings (SSSR count). The number of pyridine rings is 1. The number of rotatable bonds is 5. The maximum absolute atomic E-state index is 12.2. The smallest absolute Gasteiger partial charge is 0.274 e. The molecule has 1 N–H and O–H groups in total. The van der Waals surface area contributed by atoms with Crippen molar-refractivity contribution >= 4 is 17.5 Å². The summed E-state index contributed by atoms with van der Waals surface area (Å²) < 4.78 is 6.40. The lowest BCUT2D eigenvalue weighted by molar-refractivity contribution is -0.121. The van der Waals surface area contributed by atoms with Crippen LogP contribution in [0.2, 0.25) is 5.02 Å². The summed E-state index contributed by atoms with van der Waals surface area (Å²) in [6.07, 6.45) is 0. The van der Waals surface area contributed by atoms with Crippen molar-refractivity contribution in [2.45, 2.75) is 20.0 Å². The molecule has 7 nitrogen and oxygen atoms in total. The minimum Gasteiger partial charge on any atom is -0.350 e. The fourth-order valence-electron chi connectivity index (χ4n) is 2.27. The van der Waals surface area contributed by atoms with Gasteiger partial charge in [-0.15, -0.1) is 0 Å². The van der Waals surface area contributed by atoms with Gasteiger partial charge in [0.25, 0.3) is 11.4 Å². The van der Waals surface area contributed by atoms with Crippen LogP contribution in [-0.4, -0.2) is 20.6 Å². The molecular formula is C17H15ClN4O3. The quantitative estimate of drug-likeness (QED) is 0.755. The lowest BCUT2D eigenvalue weighted by atomic mass is 10.2. The molecule has 0 unspecified atom stereocenters. The third kappa shape index (κ3) is 4.13. The van der Waals surface area contributed by atoms with Gasteiger partial charge < -0.3 is 9.84 Å². The van der Waals surface area contributed by atoms with Gasteiger partial charge in [0.1, 0.15) is 12.2 Å². The van der Waals surface area contributed by atoms with Gasteiger partial charge in [0.2, 0.25) is 5.91 Å². The molecule has 25 heavy (non-hydrogen) atoms. The van der Waals surface area contributed by atoms with Crippen molar-refractivity contribution in [1.82, 2.24) is 20.0 Å². The van der Waals surface area contributed by atoms with Gasteiger partial charge in [0.05, 0.1) is 0 Å². The number of aryl methyl sites for hydroxylation is 1. The number of aromatic nitrogens is 3. The first-order valence-corrected chi connectivity index (χ1v) is 7.92. The molecule has 128 valence electrons. The highest BCUT2D eigenvalue weighted by molar-refractivity contribution is 6.30. The van der Waals surface area contributed by atoms with Crippen LogP contribution in [0.15, 0.2) is 51.8 Å². The molecule has 8 heteroatoms. The Hall–Kier alpha value is -2.93. The molecule has 0 saturated heterocycles. The maximum Gasteiger partial charge on any atom is 0.274 e. The van der Waals surface area contributed by atoms with Gasteiger partial charge in [-0.25, -0.2) is 0 Å². The summed E-state index contributed by atoms with van der Waals surface area (Å²) in [5.41, 5.74) is 0.982. The summed E-state index contributed by atoms with van der Waals surface area (Å²) in [6.45, 7) is 1.87. The summed E-state index contributed by atoms with van der Waals surface area (Å²) in [6, 6.07) is 11.8. The Morgan fingerprint density at radius 2 is 2.00 bits per heavy atom. The molecule has 3 aromatic rings. The highest BCUT2D eigenvalue weighted by Crippen LogP contribution is 2.15. The van der Waals surface area contributed by atoms with Crippen molar-refractivity contribution < 1.29 is 9.32 Å². The van der Waals surface area contributed by atoms with Crippen LogP contribution in [0, 0.1) is 6.92 Å². The molecule has 2 aromatic heterocycles. The van der Waals surface area contributed by atoms with Crippen LogP contribution in [0.1, 0.15) is 11.4 Å². The van der Waals surface area contributed by atoms with Crippen molar-refractivity contribution in [3.63, 3.8) is 0 Å². The maximum atomic E-state index is 12.2. The fraction of sp³-hybridized carbons (Fsp3) is 0.176. The first-order chi connectivity index (χ1) is 12.0. The van der Waals surface area contributed by atoms with Gasteiger partial charge in [0.15, 0.2) is 5.82 Å². The zero-order valence-electron chi connectivity index (χ0n) is 13.4. The minimum absolute atomic E-state index is 0.149. The van der Waals surface area contributed by atoms with Crippen LogP contribution < -0.4 is 10.9 Å². The topological polar surface area (TPSA) is 90.0 Å². The zero-order chi connectivity index (χ0) is 17.8. The van der Waals surface area contributed by atoms with Crippen molar-refractivity contribution in [3.8, 4) is 11.6 Å². The van der Waals surface area contributed by atoms with E-state index in [2.05, 4.69) is 15.5 Å².